The van der Waals surface area contributed by atoms with Crippen LogP contribution in [0.1, 0.15) is 43.4 Å². The van der Waals surface area contributed by atoms with Crippen LogP contribution >= 0.6 is 15.9 Å². The highest BCUT2D eigenvalue weighted by molar-refractivity contribution is 9.10. The van der Waals surface area contributed by atoms with Crippen LogP contribution in [-0.2, 0) is 13.1 Å². The second kappa shape index (κ2) is 8.86. The largest absolute Gasteiger partial charge is 0.331 e. The van der Waals surface area contributed by atoms with E-state index in [1.54, 1.807) is 6.07 Å². The van der Waals surface area contributed by atoms with Gasteiger partial charge in [0.25, 0.3) is 5.91 Å². The summed E-state index contributed by atoms with van der Waals surface area (Å²) in [6, 6.07) is 12.1. The molecule has 3 rings (SSSR count). The van der Waals surface area contributed by atoms with Crippen LogP contribution in [-0.4, -0.2) is 26.9 Å². The molecule has 3 aromatic rings. The molecule has 4 nitrogen and oxygen atoms in total. The molecular weight excluding hydrogens is 421 g/mol. The quantitative estimate of drug-likeness (QED) is 0.471. The zero-order chi connectivity index (χ0) is 20.3. The van der Waals surface area contributed by atoms with Crippen LogP contribution in [0.2, 0.25) is 0 Å². The van der Waals surface area contributed by atoms with Crippen LogP contribution in [0, 0.1) is 11.7 Å². The zero-order valence-electron chi connectivity index (χ0n) is 16.5. The summed E-state index contributed by atoms with van der Waals surface area (Å²) in [5.74, 6) is 0.768. The van der Waals surface area contributed by atoms with Gasteiger partial charge in [0.1, 0.15) is 11.6 Å². The van der Waals surface area contributed by atoms with E-state index in [0.717, 1.165) is 28.8 Å². The molecule has 0 N–H and O–H groups in total. The van der Waals surface area contributed by atoms with Gasteiger partial charge < -0.3 is 9.47 Å². The van der Waals surface area contributed by atoms with Crippen molar-refractivity contribution in [1.29, 1.82) is 0 Å². The van der Waals surface area contributed by atoms with Crippen LogP contribution in [0.15, 0.2) is 46.9 Å². The van der Waals surface area contributed by atoms with E-state index in [4.69, 9.17) is 0 Å². The third-order valence-corrected chi connectivity index (χ3v) is 5.01. The Labute approximate surface area is 173 Å². The Morgan fingerprint density at radius 3 is 2.71 bits per heavy atom. The summed E-state index contributed by atoms with van der Waals surface area (Å²) in [5, 5.41) is 0. The van der Waals surface area contributed by atoms with Crippen molar-refractivity contribution in [1.82, 2.24) is 14.5 Å². The number of imidazole rings is 1. The summed E-state index contributed by atoms with van der Waals surface area (Å²) in [4.78, 5) is 19.7. The fourth-order valence-corrected chi connectivity index (χ4v) is 3.78. The number of carbonyl (C=O) groups is 1. The highest BCUT2D eigenvalue weighted by atomic mass is 79.9. The lowest BCUT2D eigenvalue weighted by molar-refractivity contribution is 0.0716. The van der Waals surface area contributed by atoms with Gasteiger partial charge in [-0.3, -0.25) is 4.79 Å². The molecule has 28 heavy (non-hydrogen) atoms. The normalized spacial score (nSPS) is 11.4. The van der Waals surface area contributed by atoms with Crippen molar-refractivity contribution in [3.05, 3.63) is 64.1 Å². The second-order valence-electron chi connectivity index (χ2n) is 7.40. The molecule has 2 aromatic carbocycles. The standard InChI is InChI=1S/C22H25BrFN3O/c1-4-10-27-20-9-8-18(24)12-19(20)25-21(27)14-26(13-15(2)3)22(28)16-6-5-7-17(23)11-16/h5-9,11-12,15H,4,10,13-14H2,1-3H3. The highest BCUT2D eigenvalue weighted by Crippen LogP contribution is 2.21. The molecule has 0 spiro atoms. The lowest BCUT2D eigenvalue weighted by atomic mass is 10.1. The molecule has 1 aromatic heterocycles. The van der Waals surface area contributed by atoms with Gasteiger partial charge in [0.05, 0.1) is 17.6 Å². The summed E-state index contributed by atoms with van der Waals surface area (Å²) >= 11 is 3.44. The minimum Gasteiger partial charge on any atom is -0.331 e. The van der Waals surface area contributed by atoms with Gasteiger partial charge in [-0.25, -0.2) is 9.37 Å². The number of hydrogen-bond acceptors (Lipinski definition) is 2. The van der Waals surface area contributed by atoms with Gasteiger partial charge in [-0.1, -0.05) is 42.8 Å². The minimum atomic E-state index is -0.301. The zero-order valence-corrected chi connectivity index (χ0v) is 18.0. The van der Waals surface area contributed by atoms with E-state index in [9.17, 15) is 9.18 Å². The maximum atomic E-state index is 13.7. The average Bonchev–Trinajstić information content (AvgIpc) is 2.97. The molecule has 0 radical (unpaired) electrons. The molecule has 0 aliphatic heterocycles. The summed E-state index contributed by atoms with van der Waals surface area (Å²) in [6.45, 7) is 8.06. The summed E-state index contributed by atoms with van der Waals surface area (Å²) in [7, 11) is 0. The Bertz CT molecular complexity index is 983. The third kappa shape index (κ3) is 4.61. The van der Waals surface area contributed by atoms with Crippen molar-refractivity contribution in [2.24, 2.45) is 5.92 Å². The molecule has 0 unspecified atom stereocenters. The first-order valence-electron chi connectivity index (χ1n) is 9.58. The number of rotatable bonds is 7. The van der Waals surface area contributed by atoms with Gasteiger partial charge in [-0.2, -0.15) is 0 Å². The monoisotopic (exact) mass is 445 g/mol. The third-order valence-electron chi connectivity index (χ3n) is 4.51. The molecular formula is C22H25BrFN3O. The van der Waals surface area contributed by atoms with E-state index in [2.05, 4.69) is 46.3 Å². The van der Waals surface area contributed by atoms with Crippen molar-refractivity contribution in [3.63, 3.8) is 0 Å². The first kappa shape index (κ1) is 20.5. The van der Waals surface area contributed by atoms with E-state index in [1.807, 2.05) is 29.2 Å². The van der Waals surface area contributed by atoms with Gasteiger partial charge in [-0.15, -0.1) is 0 Å². The van der Waals surface area contributed by atoms with Crippen LogP contribution in [0.4, 0.5) is 4.39 Å². The number of halogens is 2. The van der Waals surface area contributed by atoms with Crippen molar-refractivity contribution in [2.45, 2.75) is 40.3 Å². The number of aryl methyl sites for hydroxylation is 1. The molecule has 0 saturated carbocycles. The average molecular weight is 446 g/mol. The molecule has 1 heterocycles. The Morgan fingerprint density at radius 1 is 1.25 bits per heavy atom. The van der Waals surface area contributed by atoms with Crippen LogP contribution < -0.4 is 0 Å². The lowest BCUT2D eigenvalue weighted by Gasteiger charge is -2.25. The Balaban J connectivity index is 1.98. The van der Waals surface area contributed by atoms with Gasteiger partial charge in [0, 0.05) is 29.2 Å². The van der Waals surface area contributed by atoms with E-state index in [-0.39, 0.29) is 11.7 Å². The molecule has 0 saturated heterocycles. The fourth-order valence-electron chi connectivity index (χ4n) is 3.38. The van der Waals surface area contributed by atoms with Crippen LogP contribution in [0.3, 0.4) is 0 Å². The lowest BCUT2D eigenvalue weighted by Crippen LogP contribution is -2.34. The maximum Gasteiger partial charge on any atom is 0.254 e. The predicted octanol–water partition coefficient (Wildman–Crippen LogP) is 5.65. The number of carbonyl (C=O) groups excluding carboxylic acids is 1. The second-order valence-corrected chi connectivity index (χ2v) is 8.32. The molecule has 1 amide bonds. The van der Waals surface area contributed by atoms with Crippen molar-refractivity contribution in [3.8, 4) is 0 Å². The predicted molar refractivity (Wildman–Crippen MR) is 114 cm³/mol. The number of fused-ring (bicyclic) bond motifs is 1. The topological polar surface area (TPSA) is 38.1 Å². The molecule has 0 fully saturated rings. The van der Waals surface area contributed by atoms with E-state index in [0.29, 0.717) is 30.1 Å². The molecule has 148 valence electrons. The number of hydrogen-bond donors (Lipinski definition) is 0. The number of benzene rings is 2. The molecule has 6 heteroatoms. The van der Waals surface area contributed by atoms with Crippen molar-refractivity contribution < 1.29 is 9.18 Å². The number of amides is 1. The first-order chi connectivity index (χ1) is 13.4. The Kier molecular flexibility index (Phi) is 6.50. The maximum absolute atomic E-state index is 13.7. The molecule has 0 aliphatic carbocycles. The molecule has 0 atom stereocenters. The number of nitrogens with zero attached hydrogens (tertiary/aromatic N) is 3. The fraction of sp³-hybridized carbons (Fsp3) is 0.364. The van der Waals surface area contributed by atoms with E-state index in [1.165, 1.54) is 12.1 Å². The Morgan fingerprint density at radius 2 is 2.04 bits per heavy atom. The van der Waals surface area contributed by atoms with Crippen LogP contribution in [0.25, 0.3) is 11.0 Å². The van der Waals surface area contributed by atoms with Crippen molar-refractivity contribution >= 4 is 32.9 Å². The van der Waals surface area contributed by atoms with Crippen molar-refractivity contribution in [2.75, 3.05) is 6.54 Å². The van der Waals surface area contributed by atoms with Gasteiger partial charge in [-0.05, 0) is 42.7 Å². The Hall–Kier alpha value is -2.21. The minimum absolute atomic E-state index is 0.0312. The van der Waals surface area contributed by atoms with E-state index < -0.39 is 0 Å². The molecule has 0 aliphatic rings. The summed E-state index contributed by atoms with van der Waals surface area (Å²) < 4.78 is 16.6. The van der Waals surface area contributed by atoms with E-state index >= 15 is 0 Å². The smallest absolute Gasteiger partial charge is 0.254 e. The highest BCUT2D eigenvalue weighted by Gasteiger charge is 2.21. The summed E-state index contributed by atoms with van der Waals surface area (Å²) in [5.41, 5.74) is 2.17. The van der Waals surface area contributed by atoms with Gasteiger partial charge >= 0.3 is 0 Å². The molecule has 0 bridgehead atoms. The summed E-state index contributed by atoms with van der Waals surface area (Å²) in [6.07, 6.45) is 0.930. The van der Waals surface area contributed by atoms with Gasteiger partial charge in [0.15, 0.2) is 0 Å². The first-order valence-corrected chi connectivity index (χ1v) is 10.4. The SMILES string of the molecule is CCCn1c(CN(CC(C)C)C(=O)c2cccc(Br)c2)nc2cc(F)ccc21. The van der Waals surface area contributed by atoms with Gasteiger partial charge in [0.2, 0.25) is 0 Å². The van der Waals surface area contributed by atoms with Crippen LogP contribution in [0.5, 0.6) is 0 Å². The number of aromatic nitrogens is 2.